The van der Waals surface area contributed by atoms with Crippen LogP contribution in [0.15, 0.2) is 6.20 Å². The second kappa shape index (κ2) is 4.95. The quantitative estimate of drug-likeness (QED) is 0.773. The predicted molar refractivity (Wildman–Crippen MR) is 56.1 cm³/mol. The summed E-state index contributed by atoms with van der Waals surface area (Å²) >= 11 is 1.41. The summed E-state index contributed by atoms with van der Waals surface area (Å²) in [6.45, 7) is 3.67. The van der Waals surface area contributed by atoms with Crippen LogP contribution in [0.4, 0.5) is 5.13 Å². The van der Waals surface area contributed by atoms with Gasteiger partial charge in [0.25, 0.3) is 0 Å². The molecule has 1 aromatic heterocycles. The first-order valence-corrected chi connectivity index (χ1v) is 5.29. The van der Waals surface area contributed by atoms with E-state index < -0.39 is 0 Å². The Bertz CT molecular complexity index is 310. The summed E-state index contributed by atoms with van der Waals surface area (Å²) in [6, 6.07) is 0. The monoisotopic (exact) mass is 214 g/mol. The number of hydrogen-bond donors (Lipinski definition) is 1. The van der Waals surface area contributed by atoms with Crippen molar-refractivity contribution in [3.05, 3.63) is 11.1 Å². The SMILES string of the molecule is CC(C)OC(=O)CCc1cnc(N)s1. The topological polar surface area (TPSA) is 65.2 Å². The fourth-order valence-corrected chi connectivity index (χ4v) is 1.67. The van der Waals surface area contributed by atoms with Crippen molar-refractivity contribution >= 4 is 22.4 Å². The van der Waals surface area contributed by atoms with Crippen LogP contribution < -0.4 is 5.73 Å². The lowest BCUT2D eigenvalue weighted by Gasteiger charge is -2.06. The van der Waals surface area contributed by atoms with Crippen molar-refractivity contribution in [1.29, 1.82) is 0 Å². The van der Waals surface area contributed by atoms with Crippen LogP contribution in [0.5, 0.6) is 0 Å². The number of esters is 1. The highest BCUT2D eigenvalue weighted by Crippen LogP contribution is 2.16. The van der Waals surface area contributed by atoms with Gasteiger partial charge in [0.2, 0.25) is 0 Å². The van der Waals surface area contributed by atoms with Crippen LogP contribution in [0, 0.1) is 0 Å². The third kappa shape index (κ3) is 3.74. The van der Waals surface area contributed by atoms with Gasteiger partial charge in [0.1, 0.15) is 0 Å². The maximum atomic E-state index is 11.2. The largest absolute Gasteiger partial charge is 0.463 e. The van der Waals surface area contributed by atoms with E-state index in [0.29, 0.717) is 18.0 Å². The standard InChI is InChI=1S/C9H14N2O2S/c1-6(2)13-8(12)4-3-7-5-11-9(10)14-7/h5-6H,3-4H2,1-2H3,(H2,10,11). The van der Waals surface area contributed by atoms with Gasteiger partial charge in [-0.25, -0.2) is 4.98 Å². The summed E-state index contributed by atoms with van der Waals surface area (Å²) in [5.74, 6) is -0.174. The molecule has 1 aromatic rings. The zero-order valence-electron chi connectivity index (χ0n) is 8.32. The number of thiazole rings is 1. The maximum absolute atomic E-state index is 11.2. The second-order valence-corrected chi connectivity index (χ2v) is 4.35. The second-order valence-electron chi connectivity index (χ2n) is 3.20. The van der Waals surface area contributed by atoms with Gasteiger partial charge in [0.05, 0.1) is 12.5 Å². The van der Waals surface area contributed by atoms with E-state index in [1.165, 1.54) is 11.3 Å². The molecule has 0 aromatic carbocycles. The van der Waals surface area contributed by atoms with Crippen LogP contribution in [-0.2, 0) is 16.0 Å². The number of nitrogen functional groups attached to an aromatic ring is 1. The molecule has 0 atom stereocenters. The zero-order valence-corrected chi connectivity index (χ0v) is 9.13. The number of nitrogens with two attached hydrogens (primary N) is 1. The highest BCUT2D eigenvalue weighted by atomic mass is 32.1. The molecular formula is C9H14N2O2S. The Morgan fingerprint density at radius 1 is 1.71 bits per heavy atom. The minimum absolute atomic E-state index is 0.0472. The number of rotatable bonds is 4. The van der Waals surface area contributed by atoms with E-state index in [9.17, 15) is 4.79 Å². The van der Waals surface area contributed by atoms with Gasteiger partial charge in [-0.05, 0) is 20.3 Å². The molecule has 4 nitrogen and oxygen atoms in total. The van der Waals surface area contributed by atoms with Crippen molar-refractivity contribution < 1.29 is 9.53 Å². The zero-order chi connectivity index (χ0) is 10.6. The molecule has 1 heterocycles. The molecule has 0 bridgehead atoms. The Morgan fingerprint density at radius 3 is 2.93 bits per heavy atom. The molecule has 0 radical (unpaired) electrons. The van der Waals surface area contributed by atoms with Crippen LogP contribution in [0.25, 0.3) is 0 Å². The Morgan fingerprint density at radius 2 is 2.43 bits per heavy atom. The van der Waals surface area contributed by atoms with Gasteiger partial charge in [0, 0.05) is 11.1 Å². The number of hydrogen-bond acceptors (Lipinski definition) is 5. The minimum atomic E-state index is -0.174. The van der Waals surface area contributed by atoms with E-state index in [1.54, 1.807) is 6.20 Å². The molecule has 0 unspecified atom stereocenters. The van der Waals surface area contributed by atoms with Crippen molar-refractivity contribution in [3.63, 3.8) is 0 Å². The van der Waals surface area contributed by atoms with E-state index in [0.717, 1.165) is 4.88 Å². The molecule has 5 heteroatoms. The fraction of sp³-hybridized carbons (Fsp3) is 0.556. The average molecular weight is 214 g/mol. The summed E-state index contributed by atoms with van der Waals surface area (Å²) in [5.41, 5.74) is 5.46. The fourth-order valence-electron chi connectivity index (χ4n) is 0.985. The van der Waals surface area contributed by atoms with Gasteiger partial charge in [-0.2, -0.15) is 0 Å². The number of aryl methyl sites for hydroxylation is 1. The van der Waals surface area contributed by atoms with Crippen LogP contribution in [0.3, 0.4) is 0 Å². The maximum Gasteiger partial charge on any atom is 0.306 e. The van der Waals surface area contributed by atoms with Crippen molar-refractivity contribution in [3.8, 4) is 0 Å². The van der Waals surface area contributed by atoms with Crippen LogP contribution in [0.1, 0.15) is 25.1 Å². The number of aromatic nitrogens is 1. The summed E-state index contributed by atoms with van der Waals surface area (Å²) in [5, 5.41) is 0.539. The Hall–Kier alpha value is -1.10. The van der Waals surface area contributed by atoms with E-state index in [2.05, 4.69) is 4.98 Å². The molecule has 0 aliphatic heterocycles. The number of nitrogens with zero attached hydrogens (tertiary/aromatic N) is 1. The molecule has 2 N–H and O–H groups in total. The van der Waals surface area contributed by atoms with Crippen LogP contribution >= 0.6 is 11.3 Å². The van der Waals surface area contributed by atoms with Crippen molar-refractivity contribution in [1.82, 2.24) is 4.98 Å². The molecule has 1 rings (SSSR count). The Kier molecular flexibility index (Phi) is 3.88. The van der Waals surface area contributed by atoms with E-state index in [4.69, 9.17) is 10.5 Å². The minimum Gasteiger partial charge on any atom is -0.463 e. The number of carbonyl (C=O) groups is 1. The number of ether oxygens (including phenoxy) is 1. The Balaban J connectivity index is 2.30. The van der Waals surface area contributed by atoms with E-state index >= 15 is 0 Å². The highest BCUT2D eigenvalue weighted by Gasteiger charge is 2.07. The first-order chi connectivity index (χ1) is 6.58. The molecule has 0 spiro atoms. The van der Waals surface area contributed by atoms with Gasteiger partial charge in [-0.3, -0.25) is 4.79 Å². The number of anilines is 1. The van der Waals surface area contributed by atoms with Gasteiger partial charge in [0.15, 0.2) is 5.13 Å². The van der Waals surface area contributed by atoms with Crippen LogP contribution in [-0.4, -0.2) is 17.1 Å². The molecule has 0 saturated heterocycles. The smallest absolute Gasteiger partial charge is 0.306 e. The van der Waals surface area contributed by atoms with Crippen molar-refractivity contribution in [2.75, 3.05) is 5.73 Å². The molecule has 0 amide bonds. The average Bonchev–Trinajstić information content (AvgIpc) is 2.47. The van der Waals surface area contributed by atoms with E-state index in [1.807, 2.05) is 13.8 Å². The third-order valence-electron chi connectivity index (χ3n) is 1.51. The van der Waals surface area contributed by atoms with Crippen LogP contribution in [0.2, 0.25) is 0 Å². The van der Waals surface area contributed by atoms with Gasteiger partial charge in [-0.15, -0.1) is 11.3 Å². The molecule has 0 saturated carbocycles. The molecule has 0 fully saturated rings. The van der Waals surface area contributed by atoms with Gasteiger partial charge >= 0.3 is 5.97 Å². The Labute approximate surface area is 87.1 Å². The lowest BCUT2D eigenvalue weighted by Crippen LogP contribution is -2.11. The van der Waals surface area contributed by atoms with E-state index in [-0.39, 0.29) is 12.1 Å². The lowest BCUT2D eigenvalue weighted by molar-refractivity contribution is -0.147. The third-order valence-corrected chi connectivity index (χ3v) is 2.40. The predicted octanol–water partition coefficient (Wildman–Crippen LogP) is 1.61. The molecule has 0 aliphatic carbocycles. The van der Waals surface area contributed by atoms with Gasteiger partial charge in [-0.1, -0.05) is 0 Å². The van der Waals surface area contributed by atoms with Crippen molar-refractivity contribution in [2.45, 2.75) is 32.8 Å². The summed E-state index contributed by atoms with van der Waals surface area (Å²) in [4.78, 5) is 16.1. The summed E-state index contributed by atoms with van der Waals surface area (Å²) < 4.78 is 4.99. The summed E-state index contributed by atoms with van der Waals surface area (Å²) in [7, 11) is 0. The van der Waals surface area contributed by atoms with Crippen molar-refractivity contribution in [2.24, 2.45) is 0 Å². The first-order valence-electron chi connectivity index (χ1n) is 4.47. The number of carbonyl (C=O) groups excluding carboxylic acids is 1. The summed E-state index contributed by atoms with van der Waals surface area (Å²) in [6.07, 6.45) is 2.69. The lowest BCUT2D eigenvalue weighted by atomic mass is 10.3. The highest BCUT2D eigenvalue weighted by molar-refractivity contribution is 7.15. The normalized spacial score (nSPS) is 10.5. The molecule has 14 heavy (non-hydrogen) atoms. The molecule has 0 aliphatic rings. The molecular weight excluding hydrogens is 200 g/mol. The van der Waals surface area contributed by atoms with Gasteiger partial charge < -0.3 is 10.5 Å². The first kappa shape index (κ1) is 11.0. The molecule has 78 valence electrons.